The first-order valence-electron chi connectivity index (χ1n) is 15.0. The van der Waals surface area contributed by atoms with E-state index in [9.17, 15) is 4.79 Å². The van der Waals surface area contributed by atoms with Gasteiger partial charge in [-0.2, -0.15) is 0 Å². The lowest BCUT2D eigenvalue weighted by Gasteiger charge is -2.57. The Labute approximate surface area is 233 Å². The van der Waals surface area contributed by atoms with E-state index in [1.54, 1.807) is 7.11 Å². The van der Waals surface area contributed by atoms with Gasteiger partial charge in [0.15, 0.2) is 0 Å². The molecule has 3 aromatic rings. The van der Waals surface area contributed by atoms with Gasteiger partial charge in [-0.25, -0.2) is 4.79 Å². The highest BCUT2D eigenvalue weighted by atomic mass is 16.5. The van der Waals surface area contributed by atoms with Gasteiger partial charge in [0.25, 0.3) is 0 Å². The number of esters is 1. The van der Waals surface area contributed by atoms with E-state index in [0.717, 1.165) is 55.1 Å². The fourth-order valence-electron chi connectivity index (χ4n) is 8.23. The molecule has 0 aromatic heterocycles. The van der Waals surface area contributed by atoms with Gasteiger partial charge in [0.1, 0.15) is 5.75 Å². The molecule has 4 fully saturated rings. The maximum absolute atomic E-state index is 11.9. The second kappa shape index (κ2) is 11.3. The summed E-state index contributed by atoms with van der Waals surface area (Å²) in [5.74, 6) is 3.49. The number of benzene rings is 3. The summed E-state index contributed by atoms with van der Waals surface area (Å²) in [4.78, 5) is 11.9. The summed E-state index contributed by atoms with van der Waals surface area (Å²) in [7, 11) is 3.19. The fraction of sp³-hybridized carbons (Fsp3) is 0.514. The van der Waals surface area contributed by atoms with Crippen LogP contribution in [0.1, 0.15) is 80.1 Å². The molecule has 0 atom stereocenters. The van der Waals surface area contributed by atoms with Crippen molar-refractivity contribution in [2.24, 2.45) is 17.8 Å². The summed E-state index contributed by atoms with van der Waals surface area (Å²) in [6.07, 6.45) is 12.9. The van der Waals surface area contributed by atoms with Crippen LogP contribution in [0.4, 0.5) is 0 Å². The van der Waals surface area contributed by atoms with Crippen LogP contribution in [0.25, 0.3) is 21.9 Å². The lowest BCUT2D eigenvalue weighted by Crippen LogP contribution is -2.48. The molecule has 0 radical (unpaired) electrons. The Bertz CT molecular complexity index is 1270. The van der Waals surface area contributed by atoms with E-state index in [1.807, 2.05) is 24.3 Å². The maximum atomic E-state index is 11.9. The molecular formula is C35H42O4. The van der Waals surface area contributed by atoms with Gasteiger partial charge in [0.05, 0.1) is 19.3 Å². The standard InChI is InChI=1S/C35H42O4/c1-37-13-5-3-4-6-14-39-33-20-30-12-11-29(27-7-9-28(10-8-27)34(36)38-2)18-31(30)19-32(33)35-21-24-15-25(22-35)17-26(16-24)23-35/h7-12,18-20,24-26H,3-6,13-17,21-23H2,1-2H3. The molecule has 3 aromatic carbocycles. The van der Waals surface area contributed by atoms with Crippen molar-refractivity contribution < 1.29 is 19.0 Å². The molecular weight excluding hydrogens is 484 g/mol. The van der Waals surface area contributed by atoms with Crippen LogP contribution in [0.5, 0.6) is 5.75 Å². The fourth-order valence-corrected chi connectivity index (χ4v) is 8.23. The number of hydrogen-bond acceptors (Lipinski definition) is 4. The van der Waals surface area contributed by atoms with Crippen LogP contribution >= 0.6 is 0 Å². The largest absolute Gasteiger partial charge is 0.493 e. The van der Waals surface area contributed by atoms with Crippen molar-refractivity contribution >= 4 is 16.7 Å². The van der Waals surface area contributed by atoms with Crippen molar-refractivity contribution in [2.75, 3.05) is 27.4 Å². The Hall–Kier alpha value is -2.85. The van der Waals surface area contributed by atoms with E-state index in [1.165, 1.54) is 80.4 Å². The lowest BCUT2D eigenvalue weighted by atomic mass is 9.48. The van der Waals surface area contributed by atoms with Crippen molar-refractivity contribution in [2.45, 2.75) is 69.6 Å². The van der Waals surface area contributed by atoms with Crippen LogP contribution in [0.3, 0.4) is 0 Å². The van der Waals surface area contributed by atoms with Crippen LogP contribution in [-0.4, -0.2) is 33.4 Å². The van der Waals surface area contributed by atoms with Crippen LogP contribution in [0.2, 0.25) is 0 Å². The van der Waals surface area contributed by atoms with E-state index < -0.39 is 0 Å². The van der Waals surface area contributed by atoms with Gasteiger partial charge in [-0.1, -0.05) is 30.7 Å². The minimum Gasteiger partial charge on any atom is -0.493 e. The number of methoxy groups -OCH3 is 2. The van der Waals surface area contributed by atoms with E-state index in [-0.39, 0.29) is 11.4 Å². The Morgan fingerprint density at radius 2 is 1.38 bits per heavy atom. The molecule has 0 heterocycles. The highest BCUT2D eigenvalue weighted by Gasteiger charge is 2.52. The molecule has 0 N–H and O–H groups in total. The molecule has 0 amide bonds. The van der Waals surface area contributed by atoms with Gasteiger partial charge in [0, 0.05) is 19.3 Å². The Balaban J connectivity index is 1.30. The number of carbonyl (C=O) groups is 1. The second-order valence-corrected chi connectivity index (χ2v) is 12.4. The highest BCUT2D eigenvalue weighted by Crippen LogP contribution is 2.62. The summed E-state index contributed by atoms with van der Waals surface area (Å²) in [6.45, 7) is 1.63. The maximum Gasteiger partial charge on any atom is 0.337 e. The Morgan fingerprint density at radius 3 is 2.03 bits per heavy atom. The highest BCUT2D eigenvalue weighted by molar-refractivity contribution is 5.92. The number of rotatable bonds is 11. The first kappa shape index (κ1) is 26.4. The van der Waals surface area contributed by atoms with Crippen LogP contribution in [0.15, 0.2) is 54.6 Å². The van der Waals surface area contributed by atoms with E-state index in [2.05, 4.69) is 30.3 Å². The molecule has 4 saturated carbocycles. The van der Waals surface area contributed by atoms with Gasteiger partial charge in [-0.05, 0) is 133 Å². The molecule has 206 valence electrons. The summed E-state index contributed by atoms with van der Waals surface area (Å²) in [5, 5.41) is 2.51. The van der Waals surface area contributed by atoms with Crippen molar-refractivity contribution in [1.29, 1.82) is 0 Å². The summed E-state index contributed by atoms with van der Waals surface area (Å²) < 4.78 is 16.7. The Kier molecular flexibility index (Phi) is 7.66. The molecule has 4 heteroatoms. The molecule has 0 unspecified atom stereocenters. The molecule has 0 spiro atoms. The van der Waals surface area contributed by atoms with Gasteiger partial charge in [-0.15, -0.1) is 0 Å². The van der Waals surface area contributed by atoms with Crippen LogP contribution in [-0.2, 0) is 14.9 Å². The molecule has 4 aliphatic rings. The van der Waals surface area contributed by atoms with E-state index in [4.69, 9.17) is 14.2 Å². The molecule has 0 saturated heterocycles. The van der Waals surface area contributed by atoms with Gasteiger partial charge in [-0.3, -0.25) is 0 Å². The molecule has 7 rings (SSSR count). The zero-order valence-electron chi connectivity index (χ0n) is 23.5. The SMILES string of the molecule is COCCCCCCOc1cc2ccc(-c3ccc(C(=O)OC)cc3)cc2cc1C12CC3CC(CC(C3)C1)C2. The summed E-state index contributed by atoms with van der Waals surface area (Å²) in [6, 6.07) is 19.2. The number of fused-ring (bicyclic) bond motifs is 1. The summed E-state index contributed by atoms with van der Waals surface area (Å²) >= 11 is 0. The predicted octanol–water partition coefficient (Wildman–Crippen LogP) is 8.35. The number of hydrogen-bond donors (Lipinski definition) is 0. The second-order valence-electron chi connectivity index (χ2n) is 12.4. The third kappa shape index (κ3) is 5.45. The van der Waals surface area contributed by atoms with Crippen molar-refractivity contribution in [1.82, 2.24) is 0 Å². The number of carbonyl (C=O) groups excluding carboxylic acids is 1. The number of ether oxygens (including phenoxy) is 3. The van der Waals surface area contributed by atoms with Crippen LogP contribution < -0.4 is 4.74 Å². The predicted molar refractivity (Wildman–Crippen MR) is 156 cm³/mol. The molecule has 4 aliphatic carbocycles. The average Bonchev–Trinajstić information content (AvgIpc) is 2.95. The zero-order chi connectivity index (χ0) is 26.8. The topological polar surface area (TPSA) is 44.8 Å². The quantitative estimate of drug-likeness (QED) is 0.186. The van der Waals surface area contributed by atoms with Crippen LogP contribution in [0, 0.1) is 17.8 Å². The average molecular weight is 527 g/mol. The smallest absolute Gasteiger partial charge is 0.337 e. The first-order valence-corrected chi connectivity index (χ1v) is 15.0. The molecule has 39 heavy (non-hydrogen) atoms. The summed E-state index contributed by atoms with van der Waals surface area (Å²) in [5.41, 5.74) is 4.59. The molecule has 4 bridgehead atoms. The third-order valence-electron chi connectivity index (χ3n) is 9.69. The van der Waals surface area contributed by atoms with E-state index >= 15 is 0 Å². The van der Waals surface area contributed by atoms with E-state index in [0.29, 0.717) is 5.56 Å². The zero-order valence-corrected chi connectivity index (χ0v) is 23.5. The minimum atomic E-state index is -0.303. The number of unbranched alkanes of at least 4 members (excludes halogenated alkanes) is 3. The molecule has 0 aliphatic heterocycles. The lowest BCUT2D eigenvalue weighted by molar-refractivity contribution is -0.00633. The monoisotopic (exact) mass is 526 g/mol. The molecule has 4 nitrogen and oxygen atoms in total. The van der Waals surface area contributed by atoms with Gasteiger partial charge >= 0.3 is 5.97 Å². The third-order valence-corrected chi connectivity index (χ3v) is 9.69. The first-order chi connectivity index (χ1) is 19.1. The van der Waals surface area contributed by atoms with Gasteiger partial charge in [0.2, 0.25) is 0 Å². The van der Waals surface area contributed by atoms with Gasteiger partial charge < -0.3 is 14.2 Å². The van der Waals surface area contributed by atoms with Crippen molar-refractivity contribution in [3.8, 4) is 16.9 Å². The Morgan fingerprint density at radius 1 is 0.744 bits per heavy atom. The van der Waals surface area contributed by atoms with Crippen molar-refractivity contribution in [3.05, 3.63) is 65.7 Å². The minimum absolute atomic E-state index is 0.273. The van der Waals surface area contributed by atoms with Crippen molar-refractivity contribution in [3.63, 3.8) is 0 Å². The normalized spacial score (nSPS) is 25.2.